The molecule has 0 radical (unpaired) electrons. The van der Waals surface area contributed by atoms with Crippen LogP contribution < -0.4 is 5.32 Å². The van der Waals surface area contributed by atoms with E-state index in [0.717, 1.165) is 24.0 Å². The first kappa shape index (κ1) is 18.3. The molecule has 1 saturated carbocycles. The third kappa shape index (κ3) is 4.02. The van der Waals surface area contributed by atoms with Gasteiger partial charge in [-0.3, -0.25) is 9.59 Å². The third-order valence-electron chi connectivity index (χ3n) is 5.24. The van der Waals surface area contributed by atoms with E-state index in [0.29, 0.717) is 24.3 Å². The lowest BCUT2D eigenvalue weighted by molar-refractivity contribution is 0.0180. The van der Waals surface area contributed by atoms with Gasteiger partial charge in [0.25, 0.3) is 5.91 Å². The van der Waals surface area contributed by atoms with Crippen LogP contribution in [-0.2, 0) is 4.74 Å². The SMILES string of the molecule is COCC1(CNC(=O)c2ccc(-c3cccc(C(C)=O)c3)cc2)CCC1. The largest absolute Gasteiger partial charge is 0.384 e. The first-order valence-electron chi connectivity index (χ1n) is 9.02. The summed E-state index contributed by atoms with van der Waals surface area (Å²) < 4.78 is 5.30. The van der Waals surface area contributed by atoms with Gasteiger partial charge in [0.2, 0.25) is 0 Å². The zero-order chi connectivity index (χ0) is 18.6. The lowest BCUT2D eigenvalue weighted by Gasteiger charge is -2.41. The number of rotatable bonds is 7. The summed E-state index contributed by atoms with van der Waals surface area (Å²) in [5, 5.41) is 3.05. The van der Waals surface area contributed by atoms with Crippen molar-refractivity contribution in [3.8, 4) is 11.1 Å². The van der Waals surface area contributed by atoms with Gasteiger partial charge in [-0.2, -0.15) is 0 Å². The maximum atomic E-state index is 12.4. The van der Waals surface area contributed by atoms with Gasteiger partial charge in [-0.25, -0.2) is 0 Å². The second kappa shape index (κ2) is 7.83. The topological polar surface area (TPSA) is 55.4 Å². The third-order valence-corrected chi connectivity index (χ3v) is 5.24. The minimum atomic E-state index is -0.0589. The molecule has 4 nitrogen and oxygen atoms in total. The van der Waals surface area contributed by atoms with E-state index in [1.807, 2.05) is 48.5 Å². The molecule has 0 aliphatic heterocycles. The molecule has 0 aromatic heterocycles. The molecule has 0 atom stereocenters. The zero-order valence-corrected chi connectivity index (χ0v) is 15.4. The van der Waals surface area contributed by atoms with E-state index in [1.165, 1.54) is 6.42 Å². The van der Waals surface area contributed by atoms with Gasteiger partial charge >= 0.3 is 0 Å². The van der Waals surface area contributed by atoms with Crippen LogP contribution in [0.25, 0.3) is 11.1 Å². The van der Waals surface area contributed by atoms with E-state index in [-0.39, 0.29) is 17.1 Å². The van der Waals surface area contributed by atoms with Crippen molar-refractivity contribution in [2.45, 2.75) is 26.2 Å². The highest BCUT2D eigenvalue weighted by molar-refractivity contribution is 5.96. The monoisotopic (exact) mass is 351 g/mol. The lowest BCUT2D eigenvalue weighted by Crippen LogP contribution is -2.45. The standard InChI is InChI=1S/C22H25NO3/c1-16(24)19-5-3-6-20(13-19)17-7-9-18(10-8-17)21(25)23-14-22(15-26-2)11-4-12-22/h3,5-10,13H,4,11-12,14-15H2,1-2H3,(H,23,25). The summed E-state index contributed by atoms with van der Waals surface area (Å²) in [5.74, 6) is -0.0137. The summed E-state index contributed by atoms with van der Waals surface area (Å²) >= 11 is 0. The summed E-state index contributed by atoms with van der Waals surface area (Å²) in [5.41, 5.74) is 3.39. The number of amides is 1. The van der Waals surface area contributed by atoms with Crippen LogP contribution in [0.15, 0.2) is 48.5 Å². The summed E-state index contributed by atoms with van der Waals surface area (Å²) in [7, 11) is 1.71. The van der Waals surface area contributed by atoms with E-state index >= 15 is 0 Å². The first-order chi connectivity index (χ1) is 12.5. The Morgan fingerprint density at radius 3 is 2.35 bits per heavy atom. The molecule has 1 amide bonds. The van der Waals surface area contributed by atoms with Crippen molar-refractivity contribution in [3.05, 3.63) is 59.7 Å². The Morgan fingerprint density at radius 2 is 1.77 bits per heavy atom. The molecule has 0 heterocycles. The Balaban J connectivity index is 1.66. The zero-order valence-electron chi connectivity index (χ0n) is 15.4. The molecule has 3 rings (SSSR count). The van der Waals surface area contributed by atoms with Crippen LogP contribution in [0.1, 0.15) is 46.9 Å². The average molecular weight is 351 g/mol. The van der Waals surface area contributed by atoms with Crippen LogP contribution in [0.3, 0.4) is 0 Å². The van der Waals surface area contributed by atoms with Crippen molar-refractivity contribution in [2.24, 2.45) is 5.41 Å². The van der Waals surface area contributed by atoms with E-state index in [4.69, 9.17) is 4.74 Å². The van der Waals surface area contributed by atoms with Gasteiger partial charge in [0.05, 0.1) is 6.61 Å². The van der Waals surface area contributed by atoms with Crippen molar-refractivity contribution in [3.63, 3.8) is 0 Å². The maximum Gasteiger partial charge on any atom is 0.251 e. The summed E-state index contributed by atoms with van der Waals surface area (Å²) in [6.07, 6.45) is 3.41. The molecule has 0 saturated heterocycles. The highest BCUT2D eigenvalue weighted by atomic mass is 16.5. The van der Waals surface area contributed by atoms with Crippen LogP contribution in [0.2, 0.25) is 0 Å². The summed E-state index contributed by atoms with van der Waals surface area (Å²) in [6, 6.07) is 15.0. The number of carbonyl (C=O) groups excluding carboxylic acids is 2. The molecule has 2 aromatic carbocycles. The molecule has 136 valence electrons. The highest BCUT2D eigenvalue weighted by Crippen LogP contribution is 2.40. The molecule has 26 heavy (non-hydrogen) atoms. The van der Waals surface area contributed by atoms with E-state index in [1.54, 1.807) is 14.0 Å². The fraction of sp³-hybridized carbons (Fsp3) is 0.364. The number of hydrogen-bond donors (Lipinski definition) is 1. The molecular formula is C22H25NO3. The number of nitrogens with one attached hydrogen (secondary N) is 1. The van der Waals surface area contributed by atoms with Crippen LogP contribution in [-0.4, -0.2) is 32.0 Å². The normalized spacial score (nSPS) is 15.2. The van der Waals surface area contributed by atoms with Crippen LogP contribution >= 0.6 is 0 Å². The van der Waals surface area contributed by atoms with Crippen LogP contribution in [0.4, 0.5) is 0 Å². The van der Waals surface area contributed by atoms with Gasteiger partial charge in [-0.1, -0.05) is 36.8 Å². The Hall–Kier alpha value is -2.46. The fourth-order valence-corrected chi connectivity index (χ4v) is 3.46. The number of ether oxygens (including phenoxy) is 1. The van der Waals surface area contributed by atoms with Crippen molar-refractivity contribution in [1.82, 2.24) is 5.32 Å². The Kier molecular flexibility index (Phi) is 5.52. The predicted octanol–water partition coefficient (Wildman–Crippen LogP) is 4.10. The smallest absolute Gasteiger partial charge is 0.251 e. The highest BCUT2D eigenvalue weighted by Gasteiger charge is 2.37. The van der Waals surface area contributed by atoms with Crippen molar-refractivity contribution in [1.29, 1.82) is 0 Å². The van der Waals surface area contributed by atoms with Gasteiger partial charge in [0, 0.05) is 30.2 Å². The molecule has 0 unspecified atom stereocenters. The number of ketones is 1. The predicted molar refractivity (Wildman–Crippen MR) is 102 cm³/mol. The number of benzene rings is 2. The molecule has 0 bridgehead atoms. The van der Waals surface area contributed by atoms with Gasteiger partial charge in [-0.05, 0) is 49.1 Å². The van der Waals surface area contributed by atoms with Crippen molar-refractivity contribution in [2.75, 3.05) is 20.3 Å². The number of hydrogen-bond acceptors (Lipinski definition) is 3. The molecule has 2 aromatic rings. The first-order valence-corrected chi connectivity index (χ1v) is 9.02. The minimum Gasteiger partial charge on any atom is -0.384 e. The molecule has 1 N–H and O–H groups in total. The van der Waals surface area contributed by atoms with Crippen LogP contribution in [0, 0.1) is 5.41 Å². The Bertz CT molecular complexity index is 791. The average Bonchev–Trinajstić information content (AvgIpc) is 2.63. The lowest BCUT2D eigenvalue weighted by atomic mass is 9.69. The van der Waals surface area contributed by atoms with Gasteiger partial charge < -0.3 is 10.1 Å². The maximum absolute atomic E-state index is 12.4. The summed E-state index contributed by atoms with van der Waals surface area (Å²) in [6.45, 7) is 2.91. The fourth-order valence-electron chi connectivity index (χ4n) is 3.46. The molecule has 1 aliphatic carbocycles. The van der Waals surface area contributed by atoms with Gasteiger partial charge in [0.1, 0.15) is 0 Å². The second-order valence-electron chi connectivity index (χ2n) is 7.18. The van der Waals surface area contributed by atoms with Crippen molar-refractivity contribution >= 4 is 11.7 Å². The van der Waals surface area contributed by atoms with E-state index in [2.05, 4.69) is 5.32 Å². The molecule has 4 heteroatoms. The Morgan fingerprint density at radius 1 is 1.04 bits per heavy atom. The molecule has 0 spiro atoms. The van der Waals surface area contributed by atoms with Crippen LogP contribution in [0.5, 0.6) is 0 Å². The quantitative estimate of drug-likeness (QED) is 0.764. The molecule has 1 aliphatic rings. The Labute approximate surface area is 154 Å². The summed E-state index contributed by atoms with van der Waals surface area (Å²) in [4.78, 5) is 24.0. The van der Waals surface area contributed by atoms with E-state index in [9.17, 15) is 9.59 Å². The molecular weight excluding hydrogens is 326 g/mol. The number of carbonyl (C=O) groups is 2. The van der Waals surface area contributed by atoms with Gasteiger partial charge in [0.15, 0.2) is 5.78 Å². The van der Waals surface area contributed by atoms with Crippen molar-refractivity contribution < 1.29 is 14.3 Å². The number of Topliss-reactive ketones (excluding diaryl/α,β-unsaturated/α-hetero) is 1. The van der Waals surface area contributed by atoms with E-state index < -0.39 is 0 Å². The number of methoxy groups -OCH3 is 1. The minimum absolute atomic E-state index is 0.0452. The second-order valence-corrected chi connectivity index (χ2v) is 7.18. The molecule has 1 fully saturated rings. The van der Waals surface area contributed by atoms with Gasteiger partial charge in [-0.15, -0.1) is 0 Å².